The van der Waals surface area contributed by atoms with Gasteiger partial charge in [-0.3, -0.25) is 14.4 Å². The molecular weight excluding hydrogens is 336 g/mol. The van der Waals surface area contributed by atoms with Crippen LogP contribution >= 0.6 is 0 Å². The van der Waals surface area contributed by atoms with Crippen LogP contribution in [-0.2, 0) is 14.3 Å². The molecule has 0 saturated carbocycles. The van der Waals surface area contributed by atoms with Crippen LogP contribution < -0.4 is 10.1 Å². The van der Waals surface area contributed by atoms with Crippen LogP contribution in [0.4, 0.5) is 0 Å². The molecule has 2 rings (SSSR count). The molecule has 7 nitrogen and oxygen atoms in total. The van der Waals surface area contributed by atoms with E-state index in [4.69, 9.17) is 9.47 Å². The molecule has 0 aromatic heterocycles. The van der Waals surface area contributed by atoms with Crippen LogP contribution in [0.5, 0.6) is 5.75 Å². The topological polar surface area (TPSA) is 84.9 Å². The number of hydrogen-bond acceptors (Lipinski definition) is 5. The molecule has 1 N–H and O–H groups in total. The fraction of sp³-hybridized carbons (Fsp3) is 0.526. The molecule has 2 amide bonds. The number of ether oxygens (including phenoxy) is 2. The van der Waals surface area contributed by atoms with E-state index in [2.05, 4.69) is 12.2 Å². The van der Waals surface area contributed by atoms with Gasteiger partial charge in [0.2, 0.25) is 0 Å². The van der Waals surface area contributed by atoms with Crippen molar-refractivity contribution < 1.29 is 23.9 Å². The van der Waals surface area contributed by atoms with Gasteiger partial charge in [0.05, 0.1) is 7.11 Å². The molecule has 142 valence electrons. The molecule has 7 heteroatoms. The van der Waals surface area contributed by atoms with E-state index in [0.29, 0.717) is 17.9 Å². The predicted octanol–water partition coefficient (Wildman–Crippen LogP) is 1.76. The third kappa shape index (κ3) is 5.47. The van der Waals surface area contributed by atoms with Gasteiger partial charge in [-0.2, -0.15) is 0 Å². The van der Waals surface area contributed by atoms with Gasteiger partial charge in [0.25, 0.3) is 11.8 Å². The zero-order valence-corrected chi connectivity index (χ0v) is 15.3. The van der Waals surface area contributed by atoms with Crippen LogP contribution in [0.3, 0.4) is 0 Å². The molecule has 0 aliphatic carbocycles. The van der Waals surface area contributed by atoms with E-state index in [1.54, 1.807) is 36.3 Å². The summed E-state index contributed by atoms with van der Waals surface area (Å²) in [7, 11) is 1.54. The van der Waals surface area contributed by atoms with Gasteiger partial charge < -0.3 is 19.7 Å². The third-order valence-corrected chi connectivity index (χ3v) is 4.52. The summed E-state index contributed by atoms with van der Waals surface area (Å²) in [5, 5.41) is 2.48. The zero-order chi connectivity index (χ0) is 18.9. The Bertz CT molecular complexity index is 629. The Hall–Kier alpha value is -2.57. The number of amides is 2. The molecule has 1 saturated heterocycles. The molecule has 1 aromatic rings. The maximum absolute atomic E-state index is 12.2. The monoisotopic (exact) mass is 362 g/mol. The number of piperidine rings is 1. The lowest BCUT2D eigenvalue weighted by molar-refractivity contribution is -0.152. The molecule has 26 heavy (non-hydrogen) atoms. The summed E-state index contributed by atoms with van der Waals surface area (Å²) in [6.07, 6.45) is 4.00. The lowest BCUT2D eigenvalue weighted by Crippen LogP contribution is -2.45. The second-order valence-electron chi connectivity index (χ2n) is 6.22. The van der Waals surface area contributed by atoms with Crippen molar-refractivity contribution in [3.63, 3.8) is 0 Å². The van der Waals surface area contributed by atoms with Crippen molar-refractivity contribution in [1.82, 2.24) is 10.2 Å². The summed E-state index contributed by atoms with van der Waals surface area (Å²) < 4.78 is 10.0. The lowest BCUT2D eigenvalue weighted by Gasteiger charge is -2.35. The van der Waals surface area contributed by atoms with Crippen molar-refractivity contribution in [2.24, 2.45) is 0 Å². The van der Waals surface area contributed by atoms with Crippen LogP contribution in [0.2, 0.25) is 0 Å². The minimum absolute atomic E-state index is 0.175. The molecule has 1 aliphatic rings. The summed E-state index contributed by atoms with van der Waals surface area (Å²) in [4.78, 5) is 37.8. The van der Waals surface area contributed by atoms with Crippen molar-refractivity contribution in [1.29, 1.82) is 0 Å². The number of nitrogens with one attached hydrogen (secondary N) is 1. The van der Waals surface area contributed by atoms with E-state index < -0.39 is 11.9 Å². The van der Waals surface area contributed by atoms with E-state index in [9.17, 15) is 14.4 Å². The number of rotatable bonds is 7. The Labute approximate surface area is 153 Å². The van der Waals surface area contributed by atoms with E-state index >= 15 is 0 Å². The summed E-state index contributed by atoms with van der Waals surface area (Å²) >= 11 is 0. The SMILES string of the molecule is CC[C@@H]1CCCCN1C(=O)COC(=O)CNC(=O)c1ccc(OC)cc1. The molecule has 1 atom stereocenters. The first-order chi connectivity index (χ1) is 12.5. The van der Waals surface area contributed by atoms with Crippen molar-refractivity contribution >= 4 is 17.8 Å². The van der Waals surface area contributed by atoms with E-state index in [-0.39, 0.29) is 25.1 Å². The largest absolute Gasteiger partial charge is 0.497 e. The molecule has 1 aromatic carbocycles. The summed E-state index contributed by atoms with van der Waals surface area (Å²) in [6.45, 7) is 2.20. The highest BCUT2D eigenvalue weighted by atomic mass is 16.5. The Kier molecular flexibility index (Phi) is 7.44. The molecule has 0 unspecified atom stereocenters. The Morgan fingerprint density at radius 2 is 1.92 bits per heavy atom. The minimum atomic E-state index is -0.634. The van der Waals surface area contributed by atoms with E-state index in [0.717, 1.165) is 25.7 Å². The molecule has 0 radical (unpaired) electrons. The third-order valence-electron chi connectivity index (χ3n) is 4.52. The van der Waals surface area contributed by atoms with Gasteiger partial charge in [0.15, 0.2) is 6.61 Å². The summed E-state index contributed by atoms with van der Waals surface area (Å²) in [6, 6.07) is 6.75. The molecule has 1 aliphatic heterocycles. The highest BCUT2D eigenvalue weighted by Gasteiger charge is 2.25. The van der Waals surface area contributed by atoms with E-state index in [1.807, 2.05) is 0 Å². The highest BCUT2D eigenvalue weighted by Crippen LogP contribution is 2.19. The van der Waals surface area contributed by atoms with Crippen molar-refractivity contribution in [3.05, 3.63) is 29.8 Å². The number of likely N-dealkylation sites (tertiary alicyclic amines) is 1. The lowest BCUT2D eigenvalue weighted by atomic mass is 10.00. The maximum Gasteiger partial charge on any atom is 0.325 e. The van der Waals surface area contributed by atoms with Crippen LogP contribution in [0.25, 0.3) is 0 Å². The fourth-order valence-corrected chi connectivity index (χ4v) is 3.03. The van der Waals surface area contributed by atoms with E-state index in [1.165, 1.54) is 0 Å². The maximum atomic E-state index is 12.2. The van der Waals surface area contributed by atoms with Crippen molar-refractivity contribution in [2.75, 3.05) is 26.8 Å². The standard InChI is InChI=1S/C19H26N2O5/c1-3-15-6-4-5-11-21(15)17(22)13-26-18(23)12-20-19(24)14-7-9-16(25-2)10-8-14/h7-10,15H,3-6,11-13H2,1-2H3,(H,20,24)/t15-/m1/s1. The molecular formula is C19H26N2O5. The number of benzene rings is 1. The molecule has 0 bridgehead atoms. The summed E-state index contributed by atoms with van der Waals surface area (Å²) in [5.74, 6) is -0.558. The van der Waals surface area contributed by atoms with Crippen LogP contribution in [0.15, 0.2) is 24.3 Å². The number of carbonyl (C=O) groups excluding carboxylic acids is 3. The Morgan fingerprint density at radius 1 is 1.19 bits per heavy atom. The first kappa shape index (κ1) is 19.8. The Morgan fingerprint density at radius 3 is 2.58 bits per heavy atom. The number of nitrogens with zero attached hydrogens (tertiary/aromatic N) is 1. The highest BCUT2D eigenvalue weighted by molar-refractivity contribution is 5.96. The summed E-state index contributed by atoms with van der Waals surface area (Å²) in [5.41, 5.74) is 0.411. The second kappa shape index (κ2) is 9.79. The normalized spacial score (nSPS) is 16.7. The first-order valence-corrected chi connectivity index (χ1v) is 8.92. The fourth-order valence-electron chi connectivity index (χ4n) is 3.03. The number of esters is 1. The van der Waals surface area contributed by atoms with Gasteiger partial charge in [-0.05, 0) is 49.9 Å². The number of methoxy groups -OCH3 is 1. The van der Waals surface area contributed by atoms with Crippen molar-refractivity contribution in [2.45, 2.75) is 38.6 Å². The van der Waals surface area contributed by atoms with Gasteiger partial charge >= 0.3 is 5.97 Å². The molecule has 1 fully saturated rings. The van der Waals surface area contributed by atoms with Gasteiger partial charge in [0, 0.05) is 18.2 Å². The van der Waals surface area contributed by atoms with Gasteiger partial charge in [-0.1, -0.05) is 6.92 Å². The minimum Gasteiger partial charge on any atom is -0.497 e. The number of hydrogen-bond donors (Lipinski definition) is 1. The second-order valence-corrected chi connectivity index (χ2v) is 6.22. The van der Waals surface area contributed by atoms with Crippen LogP contribution in [0.1, 0.15) is 43.0 Å². The average Bonchev–Trinajstić information content (AvgIpc) is 2.70. The van der Waals surface area contributed by atoms with Crippen molar-refractivity contribution in [3.8, 4) is 5.75 Å². The zero-order valence-electron chi connectivity index (χ0n) is 15.3. The molecule has 1 heterocycles. The van der Waals surface area contributed by atoms with Gasteiger partial charge in [-0.25, -0.2) is 0 Å². The molecule has 0 spiro atoms. The first-order valence-electron chi connectivity index (χ1n) is 8.92. The van der Waals surface area contributed by atoms with Gasteiger partial charge in [-0.15, -0.1) is 0 Å². The number of carbonyl (C=O) groups is 3. The Balaban J connectivity index is 1.74. The van der Waals surface area contributed by atoms with Gasteiger partial charge in [0.1, 0.15) is 12.3 Å². The van der Waals surface area contributed by atoms with Crippen LogP contribution in [0, 0.1) is 0 Å². The predicted molar refractivity (Wildman–Crippen MR) is 95.9 cm³/mol. The smallest absolute Gasteiger partial charge is 0.325 e. The average molecular weight is 362 g/mol. The quantitative estimate of drug-likeness (QED) is 0.747. The van der Waals surface area contributed by atoms with Crippen LogP contribution in [-0.4, -0.2) is 55.5 Å².